The Balaban J connectivity index is 1.88. The van der Waals surface area contributed by atoms with Gasteiger partial charge in [-0.2, -0.15) is 0 Å². The Hall–Kier alpha value is -3.22. The molecule has 1 fully saturated rings. The lowest BCUT2D eigenvalue weighted by Gasteiger charge is -2.45. The van der Waals surface area contributed by atoms with E-state index < -0.39 is 24.6 Å². The van der Waals surface area contributed by atoms with E-state index in [4.69, 9.17) is 21.7 Å². The number of cyclic esters (lactones) is 1. The molecule has 0 aromatic heterocycles. The molecule has 7 nitrogen and oxygen atoms in total. The van der Waals surface area contributed by atoms with E-state index in [1.165, 1.54) is 7.11 Å². The van der Waals surface area contributed by atoms with E-state index in [0.29, 0.717) is 29.5 Å². The first-order valence-corrected chi connectivity index (χ1v) is 10.6. The van der Waals surface area contributed by atoms with E-state index in [2.05, 4.69) is 0 Å². The normalized spacial score (nSPS) is 18.2. The van der Waals surface area contributed by atoms with Crippen LogP contribution in [0.3, 0.4) is 0 Å². The van der Waals surface area contributed by atoms with Gasteiger partial charge in [-0.05, 0) is 48.6 Å². The highest BCUT2D eigenvalue weighted by molar-refractivity contribution is 5.94. The smallest absolute Gasteiger partial charge is 0.338 e. The number of hydrogen-bond donors (Lipinski definition) is 1. The first-order chi connectivity index (χ1) is 16.2. The lowest BCUT2D eigenvalue weighted by atomic mass is 9.62. The molecule has 1 saturated carbocycles. The number of benzene rings is 2. The lowest BCUT2D eigenvalue weighted by Crippen LogP contribution is -2.52. The van der Waals surface area contributed by atoms with Gasteiger partial charge in [-0.15, -0.1) is 0 Å². The molecule has 7 heteroatoms. The van der Waals surface area contributed by atoms with Crippen molar-refractivity contribution in [2.75, 3.05) is 14.2 Å². The summed E-state index contributed by atoms with van der Waals surface area (Å²) in [5, 5.41) is 10.1. The van der Waals surface area contributed by atoms with Crippen LogP contribution in [0.4, 0.5) is 0 Å². The number of rotatable bonds is 8. The van der Waals surface area contributed by atoms with Crippen LogP contribution in [0.2, 0.25) is 0 Å². The summed E-state index contributed by atoms with van der Waals surface area (Å²) in [6.07, 6.45) is 1.12. The molecule has 0 saturated heterocycles. The molecule has 0 spiro atoms. The molecule has 0 radical (unpaired) electrons. The number of fused-ring (bicyclic) bond motifs is 1. The summed E-state index contributed by atoms with van der Waals surface area (Å²) in [5.41, 5.74) is 1.46. The predicted molar refractivity (Wildman–Crippen MR) is 117 cm³/mol. The second-order valence-corrected chi connectivity index (χ2v) is 8.64. The molecule has 0 amide bonds. The highest BCUT2D eigenvalue weighted by atomic mass is 16.5. The molecule has 2 aromatic carbocycles. The van der Waals surface area contributed by atoms with Crippen molar-refractivity contribution < 1.29 is 36.4 Å². The maximum atomic E-state index is 12.3. The van der Waals surface area contributed by atoms with Gasteiger partial charge in [0.1, 0.15) is 18.1 Å². The number of carbonyl (C=O) groups is 2. The minimum atomic E-state index is -1.66. The predicted octanol–water partition coefficient (Wildman–Crippen LogP) is 4.70. The summed E-state index contributed by atoms with van der Waals surface area (Å²) < 4.78 is 37.9. The monoisotopic (exact) mass is 442 g/mol. The molecular formula is C25H28O7. The molecule has 0 bridgehead atoms. The van der Waals surface area contributed by atoms with Gasteiger partial charge in [-0.25, -0.2) is 4.79 Å². The number of carboxylic acid groups (broad SMARTS) is 1. The van der Waals surface area contributed by atoms with Crippen LogP contribution in [0, 0.1) is 11.3 Å². The molecule has 2 aromatic rings. The van der Waals surface area contributed by atoms with Crippen molar-refractivity contribution in [3.8, 4) is 28.4 Å². The van der Waals surface area contributed by atoms with Crippen LogP contribution in [0.15, 0.2) is 30.3 Å². The van der Waals surface area contributed by atoms with Gasteiger partial charge in [-0.3, -0.25) is 4.79 Å². The number of aliphatic carboxylic acids is 1. The van der Waals surface area contributed by atoms with Gasteiger partial charge < -0.3 is 24.1 Å². The Morgan fingerprint density at radius 3 is 2.50 bits per heavy atom. The molecule has 1 atom stereocenters. The standard InChI is InChI=1S/C25H28O7/c1-14(2)22(25(24(27)28)10-5-11-25)32-20-17(8-9-19(29-3)21(20)30-4)15-6-7-18-16(12-15)13-31-23(18)26/h6-9,12,14,22H,5,10-11,13H2,1-4H3,(H,27,28)/i4D2. The van der Waals surface area contributed by atoms with Crippen LogP contribution in [-0.2, 0) is 16.1 Å². The van der Waals surface area contributed by atoms with Gasteiger partial charge >= 0.3 is 11.9 Å². The van der Waals surface area contributed by atoms with Gasteiger partial charge in [0, 0.05) is 11.1 Å². The first kappa shape index (κ1) is 19.5. The Morgan fingerprint density at radius 1 is 1.16 bits per heavy atom. The molecule has 1 unspecified atom stereocenters. The number of esters is 1. The number of carboxylic acids is 1. The van der Waals surface area contributed by atoms with Crippen LogP contribution < -0.4 is 14.2 Å². The molecule has 1 heterocycles. The Labute approximate surface area is 190 Å². The molecular weight excluding hydrogens is 412 g/mol. The summed E-state index contributed by atoms with van der Waals surface area (Å²) >= 11 is 0. The van der Waals surface area contributed by atoms with Crippen molar-refractivity contribution in [1.82, 2.24) is 0 Å². The zero-order valence-electron chi connectivity index (χ0n) is 20.3. The average molecular weight is 443 g/mol. The molecule has 1 N–H and O–H groups in total. The van der Waals surface area contributed by atoms with Crippen LogP contribution in [0.5, 0.6) is 17.2 Å². The third-order valence-electron chi connectivity index (χ3n) is 6.48. The van der Waals surface area contributed by atoms with E-state index in [1.807, 2.05) is 19.9 Å². The van der Waals surface area contributed by atoms with Crippen molar-refractivity contribution in [3.05, 3.63) is 41.5 Å². The van der Waals surface area contributed by atoms with Crippen LogP contribution >= 0.6 is 0 Å². The van der Waals surface area contributed by atoms with Crippen LogP contribution in [-0.4, -0.2) is 37.3 Å². The topological polar surface area (TPSA) is 91.3 Å². The molecule has 170 valence electrons. The molecule has 2 aliphatic rings. The molecule has 4 rings (SSSR count). The zero-order valence-corrected chi connectivity index (χ0v) is 18.3. The van der Waals surface area contributed by atoms with Gasteiger partial charge in [0.2, 0.25) is 5.75 Å². The fourth-order valence-corrected chi connectivity index (χ4v) is 4.65. The van der Waals surface area contributed by atoms with Gasteiger partial charge in [-0.1, -0.05) is 26.3 Å². The van der Waals surface area contributed by atoms with E-state index in [1.54, 1.807) is 24.3 Å². The van der Waals surface area contributed by atoms with E-state index in [0.717, 1.165) is 12.0 Å². The van der Waals surface area contributed by atoms with Crippen molar-refractivity contribution in [2.24, 2.45) is 11.3 Å². The molecule has 1 aliphatic carbocycles. The largest absolute Gasteiger partial charge is 0.493 e. The minimum absolute atomic E-state index is 0.0633. The summed E-state index contributed by atoms with van der Waals surface area (Å²) in [4.78, 5) is 24.2. The Bertz CT molecular complexity index is 1110. The second kappa shape index (κ2) is 8.37. The molecule has 32 heavy (non-hydrogen) atoms. The average Bonchev–Trinajstić information content (AvgIpc) is 3.12. The number of ether oxygens (including phenoxy) is 4. The highest BCUT2D eigenvalue weighted by Crippen LogP contribution is 2.51. The zero-order chi connectivity index (χ0) is 24.6. The van der Waals surface area contributed by atoms with Crippen molar-refractivity contribution >= 4 is 11.9 Å². The second-order valence-electron chi connectivity index (χ2n) is 8.64. The van der Waals surface area contributed by atoms with Gasteiger partial charge in [0.05, 0.1) is 22.5 Å². The summed E-state index contributed by atoms with van der Waals surface area (Å²) in [6.45, 7) is 3.98. The van der Waals surface area contributed by atoms with Crippen molar-refractivity contribution in [1.29, 1.82) is 0 Å². The number of methoxy groups -OCH3 is 2. The molecule has 1 aliphatic heterocycles. The summed E-state index contributed by atoms with van der Waals surface area (Å²) in [7, 11) is -0.218. The third-order valence-corrected chi connectivity index (χ3v) is 6.48. The van der Waals surface area contributed by atoms with E-state index in [9.17, 15) is 14.7 Å². The van der Waals surface area contributed by atoms with Crippen molar-refractivity contribution in [3.63, 3.8) is 0 Å². The summed E-state index contributed by atoms with van der Waals surface area (Å²) in [5.74, 6) is -0.887. The number of hydrogen-bond acceptors (Lipinski definition) is 6. The van der Waals surface area contributed by atoms with Crippen molar-refractivity contribution in [2.45, 2.75) is 45.8 Å². The third kappa shape index (κ3) is 3.45. The van der Waals surface area contributed by atoms with Gasteiger partial charge in [0.15, 0.2) is 11.5 Å². The van der Waals surface area contributed by atoms with Gasteiger partial charge in [0.25, 0.3) is 0 Å². The fraction of sp³-hybridized carbons (Fsp3) is 0.440. The minimum Gasteiger partial charge on any atom is -0.493 e. The Morgan fingerprint density at radius 2 is 1.91 bits per heavy atom. The fourth-order valence-electron chi connectivity index (χ4n) is 4.65. The lowest BCUT2D eigenvalue weighted by molar-refractivity contribution is -0.166. The van der Waals surface area contributed by atoms with Crippen LogP contribution in [0.25, 0.3) is 11.1 Å². The first-order valence-electron chi connectivity index (χ1n) is 11.8. The number of carbonyl (C=O) groups excluding carboxylic acids is 1. The maximum absolute atomic E-state index is 12.3. The quantitative estimate of drug-likeness (QED) is 0.593. The maximum Gasteiger partial charge on any atom is 0.338 e. The Kier molecular flexibility index (Phi) is 5.09. The highest BCUT2D eigenvalue weighted by Gasteiger charge is 2.53. The summed E-state index contributed by atoms with van der Waals surface area (Å²) in [6, 6.07) is 8.66. The van der Waals surface area contributed by atoms with E-state index in [-0.39, 0.29) is 35.7 Å². The van der Waals surface area contributed by atoms with Crippen LogP contribution in [0.1, 0.15) is 51.8 Å². The SMILES string of the molecule is [2H]C([2H])Oc1c(OC)ccc(-c2ccc3c(c2)COC3=O)c1OC(C(C)C)C1(C(=O)O)CCC1. The van der Waals surface area contributed by atoms with E-state index >= 15 is 0 Å².